The van der Waals surface area contributed by atoms with Crippen LogP contribution in [0.4, 0.5) is 0 Å². The lowest BCUT2D eigenvalue weighted by molar-refractivity contribution is -0.0661. The average molecular weight is 208 g/mol. The molecule has 15 heavy (non-hydrogen) atoms. The molecule has 2 atom stereocenters. The van der Waals surface area contributed by atoms with E-state index in [4.69, 9.17) is 0 Å². The molecule has 0 heterocycles. The van der Waals surface area contributed by atoms with Crippen LogP contribution in [0.5, 0.6) is 0 Å². The quantitative estimate of drug-likeness (QED) is 0.686. The fourth-order valence-corrected chi connectivity index (χ4v) is 2.78. The highest BCUT2D eigenvalue weighted by Crippen LogP contribution is 2.46. The third-order valence-electron chi connectivity index (χ3n) is 3.59. The molecular weight excluding hydrogens is 184 g/mol. The predicted octanol–water partition coefficient (Wildman–Crippen LogP) is 3.70. The van der Waals surface area contributed by atoms with Crippen molar-refractivity contribution in [2.45, 2.75) is 52.6 Å². The molecule has 0 saturated heterocycles. The zero-order chi connectivity index (χ0) is 11.7. The van der Waals surface area contributed by atoms with Gasteiger partial charge in [-0.2, -0.15) is 0 Å². The van der Waals surface area contributed by atoms with Gasteiger partial charge in [0.15, 0.2) is 0 Å². The summed E-state index contributed by atoms with van der Waals surface area (Å²) in [4.78, 5) is 0. The molecule has 1 fully saturated rings. The maximum absolute atomic E-state index is 10.4. The number of rotatable bonds is 2. The fourth-order valence-electron chi connectivity index (χ4n) is 2.78. The number of hydrogen-bond donors (Lipinski definition) is 1. The Hall–Kier alpha value is -0.560. The van der Waals surface area contributed by atoms with Crippen molar-refractivity contribution in [2.75, 3.05) is 0 Å². The van der Waals surface area contributed by atoms with Crippen molar-refractivity contribution in [2.24, 2.45) is 11.3 Å². The minimum Gasteiger partial charge on any atom is -0.390 e. The molecule has 1 rings (SSSR count). The normalized spacial score (nSPS) is 35.7. The third-order valence-corrected chi connectivity index (χ3v) is 3.59. The van der Waals surface area contributed by atoms with E-state index in [2.05, 4.69) is 26.5 Å². The van der Waals surface area contributed by atoms with Crippen molar-refractivity contribution in [1.82, 2.24) is 0 Å². The van der Waals surface area contributed by atoms with Gasteiger partial charge in [0.2, 0.25) is 0 Å². The molecular formula is C14H24O. The zero-order valence-electron chi connectivity index (χ0n) is 10.5. The summed E-state index contributed by atoms with van der Waals surface area (Å²) >= 11 is 0. The second-order valence-electron chi connectivity index (χ2n) is 5.88. The summed E-state index contributed by atoms with van der Waals surface area (Å²) in [6.07, 6.45) is 7.39. The van der Waals surface area contributed by atoms with Gasteiger partial charge in [0.25, 0.3) is 0 Å². The van der Waals surface area contributed by atoms with Crippen LogP contribution in [0.15, 0.2) is 24.3 Å². The van der Waals surface area contributed by atoms with Crippen LogP contribution in [0.1, 0.15) is 47.0 Å². The molecule has 1 saturated carbocycles. The largest absolute Gasteiger partial charge is 0.390 e. The standard InChI is InChI=1S/C14H24O/c1-11(2)7-8-12-13(3,4)9-6-10-14(12,5)15/h7-8,12,15H,1,6,9-10H2,2-5H3. The van der Waals surface area contributed by atoms with Gasteiger partial charge in [0.05, 0.1) is 5.60 Å². The third kappa shape index (κ3) is 2.94. The molecule has 2 unspecified atom stereocenters. The van der Waals surface area contributed by atoms with Crippen LogP contribution in [0.3, 0.4) is 0 Å². The summed E-state index contributed by atoms with van der Waals surface area (Å²) in [5.41, 5.74) is 0.675. The molecule has 86 valence electrons. The van der Waals surface area contributed by atoms with Gasteiger partial charge in [-0.3, -0.25) is 0 Å². The van der Waals surface area contributed by atoms with E-state index < -0.39 is 5.60 Å². The maximum Gasteiger partial charge on any atom is 0.0687 e. The Bertz CT molecular complexity index is 255. The van der Waals surface area contributed by atoms with Crippen molar-refractivity contribution < 1.29 is 5.11 Å². The average Bonchev–Trinajstić information content (AvgIpc) is 1.99. The highest BCUT2D eigenvalue weighted by molar-refractivity contribution is 5.16. The lowest BCUT2D eigenvalue weighted by atomic mass is 9.62. The SMILES string of the molecule is C=C(C)C=CC1C(C)(C)CCCC1(C)O. The van der Waals surface area contributed by atoms with E-state index in [1.165, 1.54) is 6.42 Å². The van der Waals surface area contributed by atoms with E-state index in [1.54, 1.807) is 0 Å². The van der Waals surface area contributed by atoms with Gasteiger partial charge in [0.1, 0.15) is 0 Å². The molecule has 0 radical (unpaired) electrons. The molecule has 1 N–H and O–H groups in total. The second kappa shape index (κ2) is 4.13. The molecule has 0 bridgehead atoms. The summed E-state index contributed by atoms with van der Waals surface area (Å²) < 4.78 is 0. The van der Waals surface area contributed by atoms with Crippen LogP contribution in [0.25, 0.3) is 0 Å². The maximum atomic E-state index is 10.4. The van der Waals surface area contributed by atoms with Crippen LogP contribution >= 0.6 is 0 Å². The molecule has 0 spiro atoms. The predicted molar refractivity (Wildman–Crippen MR) is 65.7 cm³/mol. The first kappa shape index (κ1) is 12.5. The van der Waals surface area contributed by atoms with Crippen LogP contribution in [-0.4, -0.2) is 10.7 Å². The smallest absolute Gasteiger partial charge is 0.0687 e. The van der Waals surface area contributed by atoms with Crippen LogP contribution < -0.4 is 0 Å². The minimum absolute atomic E-state index is 0.188. The lowest BCUT2D eigenvalue weighted by Gasteiger charge is -2.46. The first-order valence-electron chi connectivity index (χ1n) is 5.82. The van der Waals surface area contributed by atoms with Crippen molar-refractivity contribution in [3.8, 4) is 0 Å². The zero-order valence-corrected chi connectivity index (χ0v) is 10.5. The van der Waals surface area contributed by atoms with Gasteiger partial charge < -0.3 is 5.11 Å². The van der Waals surface area contributed by atoms with Crippen molar-refractivity contribution in [3.05, 3.63) is 24.3 Å². The van der Waals surface area contributed by atoms with E-state index in [0.717, 1.165) is 18.4 Å². The Morgan fingerprint density at radius 2 is 1.93 bits per heavy atom. The van der Waals surface area contributed by atoms with Crippen molar-refractivity contribution >= 4 is 0 Å². The summed E-state index contributed by atoms with van der Waals surface area (Å²) in [6.45, 7) is 12.3. The Morgan fingerprint density at radius 3 is 2.40 bits per heavy atom. The van der Waals surface area contributed by atoms with Crippen molar-refractivity contribution in [1.29, 1.82) is 0 Å². The van der Waals surface area contributed by atoms with Crippen LogP contribution in [0.2, 0.25) is 0 Å². The first-order chi connectivity index (χ1) is 6.76. The Kier molecular flexibility index (Phi) is 3.44. The van der Waals surface area contributed by atoms with Crippen LogP contribution in [-0.2, 0) is 0 Å². The van der Waals surface area contributed by atoms with E-state index in [9.17, 15) is 5.11 Å². The molecule has 1 aliphatic carbocycles. The highest BCUT2D eigenvalue weighted by atomic mass is 16.3. The van der Waals surface area contributed by atoms with E-state index in [0.29, 0.717) is 0 Å². The van der Waals surface area contributed by atoms with Gasteiger partial charge in [-0.25, -0.2) is 0 Å². The summed E-state index contributed by atoms with van der Waals surface area (Å²) in [7, 11) is 0. The second-order valence-corrected chi connectivity index (χ2v) is 5.88. The van der Waals surface area contributed by atoms with Gasteiger partial charge >= 0.3 is 0 Å². The van der Waals surface area contributed by atoms with Gasteiger partial charge in [-0.05, 0) is 32.1 Å². The lowest BCUT2D eigenvalue weighted by Crippen LogP contribution is -2.45. The van der Waals surface area contributed by atoms with Crippen LogP contribution in [0, 0.1) is 11.3 Å². The molecule has 0 aliphatic heterocycles. The van der Waals surface area contributed by atoms with E-state index >= 15 is 0 Å². The molecule has 1 heteroatoms. The number of allylic oxidation sites excluding steroid dienone is 2. The van der Waals surface area contributed by atoms with Gasteiger partial charge in [0, 0.05) is 5.92 Å². The summed E-state index contributed by atoms with van der Waals surface area (Å²) in [5, 5.41) is 10.4. The molecule has 0 amide bonds. The van der Waals surface area contributed by atoms with Gasteiger partial charge in [-0.15, -0.1) is 0 Å². The molecule has 0 aromatic rings. The van der Waals surface area contributed by atoms with E-state index in [1.807, 2.05) is 19.9 Å². The Balaban J connectivity index is 2.91. The first-order valence-corrected chi connectivity index (χ1v) is 5.82. The van der Waals surface area contributed by atoms with Gasteiger partial charge in [-0.1, -0.05) is 44.6 Å². The fraction of sp³-hybridized carbons (Fsp3) is 0.714. The number of aliphatic hydroxyl groups is 1. The Labute approximate surface area is 93.9 Å². The molecule has 0 aromatic carbocycles. The monoisotopic (exact) mass is 208 g/mol. The summed E-state index contributed by atoms with van der Waals surface area (Å²) in [6, 6.07) is 0. The topological polar surface area (TPSA) is 20.2 Å². The number of hydrogen-bond acceptors (Lipinski definition) is 1. The van der Waals surface area contributed by atoms with E-state index in [-0.39, 0.29) is 11.3 Å². The Morgan fingerprint density at radius 1 is 1.33 bits per heavy atom. The minimum atomic E-state index is -0.562. The van der Waals surface area contributed by atoms with Crippen molar-refractivity contribution in [3.63, 3.8) is 0 Å². The highest BCUT2D eigenvalue weighted by Gasteiger charge is 2.43. The molecule has 1 nitrogen and oxygen atoms in total. The summed E-state index contributed by atoms with van der Waals surface area (Å²) in [5.74, 6) is 0.232. The molecule has 1 aliphatic rings. The molecule has 0 aromatic heterocycles.